The molecule has 1 N–H and O–H groups in total. The Kier molecular flexibility index (Phi) is 5.89. The van der Waals surface area contributed by atoms with E-state index in [1.165, 1.54) is 59.3 Å². The second-order valence-electron chi connectivity index (χ2n) is 6.66. The molecule has 4 rings (SSSR count). The van der Waals surface area contributed by atoms with E-state index in [1.54, 1.807) is 18.2 Å². The highest BCUT2D eigenvalue weighted by molar-refractivity contribution is 6.42. The Bertz CT molecular complexity index is 1340. The summed E-state index contributed by atoms with van der Waals surface area (Å²) in [6, 6.07) is 17.7. The molecular weight excluding hydrogens is 458 g/mol. The zero-order valence-corrected chi connectivity index (χ0v) is 17.6. The average molecular weight is 471 g/mol. The first kappa shape index (κ1) is 21.5. The lowest BCUT2D eigenvalue weighted by Gasteiger charge is -2.09. The van der Waals surface area contributed by atoms with Crippen LogP contribution in [0.4, 0.5) is 15.8 Å². The first-order valence-electron chi connectivity index (χ1n) is 9.19. The maximum atomic E-state index is 14.0. The number of non-ortho nitro benzene ring substituents is 1. The van der Waals surface area contributed by atoms with Crippen LogP contribution in [0.15, 0.2) is 72.8 Å². The van der Waals surface area contributed by atoms with Crippen molar-refractivity contribution in [3.8, 4) is 16.9 Å². The van der Waals surface area contributed by atoms with Gasteiger partial charge in [0.25, 0.3) is 11.6 Å². The fourth-order valence-electron chi connectivity index (χ4n) is 3.00. The van der Waals surface area contributed by atoms with Crippen molar-refractivity contribution >= 4 is 40.5 Å². The van der Waals surface area contributed by atoms with Crippen molar-refractivity contribution in [1.29, 1.82) is 0 Å². The highest BCUT2D eigenvalue weighted by atomic mass is 35.5. The van der Waals surface area contributed by atoms with E-state index in [2.05, 4.69) is 10.4 Å². The molecule has 1 aromatic heterocycles. The number of aromatic nitrogens is 2. The van der Waals surface area contributed by atoms with Gasteiger partial charge in [0.05, 0.1) is 32.0 Å². The van der Waals surface area contributed by atoms with Gasteiger partial charge in [0.15, 0.2) is 0 Å². The SMILES string of the molecule is O=C(Nc1ccccc1F)c1cc(-c2ccc([N+](=O)[O-])cc2)nn1-c1ccc(Cl)c(Cl)c1. The largest absolute Gasteiger partial charge is 0.318 e. The van der Waals surface area contributed by atoms with Crippen LogP contribution >= 0.6 is 23.2 Å². The van der Waals surface area contributed by atoms with Gasteiger partial charge in [-0.1, -0.05) is 35.3 Å². The fraction of sp³-hybridized carbons (Fsp3) is 0. The number of nitro benzene ring substituents is 1. The third-order valence-corrected chi connectivity index (χ3v) is 5.32. The predicted octanol–water partition coefficient (Wildman–Crippen LogP) is 6.15. The van der Waals surface area contributed by atoms with Crippen molar-refractivity contribution in [2.45, 2.75) is 0 Å². The van der Waals surface area contributed by atoms with Crippen molar-refractivity contribution < 1.29 is 14.1 Å². The van der Waals surface area contributed by atoms with Crippen LogP contribution in [0.5, 0.6) is 0 Å². The number of anilines is 1. The molecule has 4 aromatic rings. The molecule has 0 atom stereocenters. The van der Waals surface area contributed by atoms with Crippen LogP contribution in [-0.4, -0.2) is 20.6 Å². The Morgan fingerprint density at radius 3 is 2.38 bits per heavy atom. The molecule has 10 heteroatoms. The smallest absolute Gasteiger partial charge is 0.274 e. The summed E-state index contributed by atoms with van der Waals surface area (Å²) in [7, 11) is 0. The Hall–Kier alpha value is -3.75. The van der Waals surface area contributed by atoms with Crippen LogP contribution in [0.1, 0.15) is 10.5 Å². The van der Waals surface area contributed by atoms with Gasteiger partial charge in [-0.25, -0.2) is 9.07 Å². The summed E-state index contributed by atoms with van der Waals surface area (Å²) in [5.74, 6) is -1.20. The molecule has 7 nitrogen and oxygen atoms in total. The van der Waals surface area contributed by atoms with Crippen LogP contribution in [0.25, 0.3) is 16.9 Å². The number of halogens is 3. The first-order chi connectivity index (χ1) is 15.3. The standard InChI is InChI=1S/C22H13Cl2FN4O3/c23-16-10-9-15(11-17(16)24)28-21(22(30)26-19-4-2-1-3-18(19)25)12-20(27-28)13-5-7-14(8-6-13)29(31)32/h1-12H,(H,26,30). The topological polar surface area (TPSA) is 90.1 Å². The lowest BCUT2D eigenvalue weighted by molar-refractivity contribution is -0.384. The number of hydrogen-bond acceptors (Lipinski definition) is 4. The highest BCUT2D eigenvalue weighted by Crippen LogP contribution is 2.28. The Morgan fingerprint density at radius 2 is 1.72 bits per heavy atom. The van der Waals surface area contributed by atoms with Gasteiger partial charge in [0.1, 0.15) is 11.5 Å². The van der Waals surface area contributed by atoms with Gasteiger partial charge >= 0.3 is 0 Å². The number of nitrogens with zero attached hydrogens (tertiary/aromatic N) is 3. The summed E-state index contributed by atoms with van der Waals surface area (Å²) in [6.07, 6.45) is 0. The highest BCUT2D eigenvalue weighted by Gasteiger charge is 2.20. The number of amides is 1. The summed E-state index contributed by atoms with van der Waals surface area (Å²) < 4.78 is 15.4. The number of carbonyl (C=O) groups is 1. The molecule has 32 heavy (non-hydrogen) atoms. The van der Waals surface area contributed by atoms with Crippen molar-refractivity contribution in [1.82, 2.24) is 9.78 Å². The van der Waals surface area contributed by atoms with Crippen LogP contribution in [-0.2, 0) is 0 Å². The molecule has 0 aliphatic heterocycles. The first-order valence-corrected chi connectivity index (χ1v) is 9.95. The molecule has 0 radical (unpaired) electrons. The van der Waals surface area contributed by atoms with Crippen LogP contribution < -0.4 is 5.32 Å². The van der Waals surface area contributed by atoms with Crippen molar-refractivity contribution in [3.63, 3.8) is 0 Å². The maximum Gasteiger partial charge on any atom is 0.274 e. The van der Waals surface area contributed by atoms with Gasteiger partial charge < -0.3 is 5.32 Å². The number of para-hydroxylation sites is 1. The second kappa shape index (κ2) is 8.78. The summed E-state index contributed by atoms with van der Waals surface area (Å²) in [5.41, 5.74) is 1.41. The molecule has 0 bridgehead atoms. The maximum absolute atomic E-state index is 14.0. The molecule has 1 heterocycles. The van der Waals surface area contributed by atoms with Crippen molar-refractivity contribution in [3.05, 3.63) is 104 Å². The van der Waals surface area contributed by atoms with E-state index in [9.17, 15) is 19.3 Å². The van der Waals surface area contributed by atoms with E-state index in [0.29, 0.717) is 22.0 Å². The Balaban J connectivity index is 1.79. The number of nitro groups is 1. The molecule has 0 spiro atoms. The lowest BCUT2D eigenvalue weighted by atomic mass is 10.1. The Morgan fingerprint density at radius 1 is 1.00 bits per heavy atom. The van der Waals surface area contributed by atoms with Gasteiger partial charge in [-0.2, -0.15) is 5.10 Å². The van der Waals surface area contributed by atoms with Crippen LogP contribution in [0.2, 0.25) is 10.0 Å². The molecule has 0 fully saturated rings. The monoisotopic (exact) mass is 470 g/mol. The van der Waals surface area contributed by atoms with Gasteiger partial charge in [0.2, 0.25) is 0 Å². The quantitative estimate of drug-likeness (QED) is 0.280. The fourth-order valence-corrected chi connectivity index (χ4v) is 3.29. The van der Waals surface area contributed by atoms with Gasteiger partial charge in [-0.15, -0.1) is 0 Å². The molecule has 160 valence electrons. The van der Waals surface area contributed by atoms with Gasteiger partial charge in [0, 0.05) is 17.7 Å². The van der Waals surface area contributed by atoms with E-state index < -0.39 is 16.6 Å². The summed E-state index contributed by atoms with van der Waals surface area (Å²) >= 11 is 12.1. The molecule has 1 amide bonds. The van der Waals surface area contributed by atoms with E-state index in [4.69, 9.17) is 23.2 Å². The lowest BCUT2D eigenvalue weighted by Crippen LogP contribution is -2.17. The Labute approximate surface area is 191 Å². The number of hydrogen-bond donors (Lipinski definition) is 1. The third-order valence-electron chi connectivity index (χ3n) is 4.59. The molecule has 0 aliphatic rings. The minimum atomic E-state index is -0.609. The number of carbonyl (C=O) groups excluding carboxylic acids is 1. The van der Waals surface area contributed by atoms with Gasteiger partial charge in [-0.3, -0.25) is 14.9 Å². The third kappa shape index (κ3) is 4.32. The normalized spacial score (nSPS) is 10.7. The molecule has 0 aliphatic carbocycles. The number of benzene rings is 3. The van der Waals surface area contributed by atoms with Crippen molar-refractivity contribution in [2.75, 3.05) is 5.32 Å². The minimum Gasteiger partial charge on any atom is -0.318 e. The molecule has 3 aromatic carbocycles. The number of nitrogens with one attached hydrogen (secondary N) is 1. The van der Waals surface area contributed by atoms with E-state index >= 15 is 0 Å². The second-order valence-corrected chi connectivity index (χ2v) is 7.48. The molecule has 0 unspecified atom stereocenters. The summed E-state index contributed by atoms with van der Waals surface area (Å²) in [4.78, 5) is 23.4. The van der Waals surface area contributed by atoms with E-state index in [-0.39, 0.29) is 22.1 Å². The minimum absolute atomic E-state index is 0.0104. The zero-order chi connectivity index (χ0) is 22.8. The molecule has 0 saturated heterocycles. The summed E-state index contributed by atoms with van der Waals surface area (Å²) in [5, 5.41) is 18.5. The molecule has 0 saturated carbocycles. The summed E-state index contributed by atoms with van der Waals surface area (Å²) in [6.45, 7) is 0. The zero-order valence-electron chi connectivity index (χ0n) is 16.1. The van der Waals surface area contributed by atoms with Crippen molar-refractivity contribution in [2.24, 2.45) is 0 Å². The van der Waals surface area contributed by atoms with Crippen LogP contribution in [0.3, 0.4) is 0 Å². The average Bonchev–Trinajstić information content (AvgIpc) is 3.23. The van der Waals surface area contributed by atoms with E-state index in [1.807, 2.05) is 0 Å². The van der Waals surface area contributed by atoms with Gasteiger partial charge in [-0.05, 0) is 48.5 Å². The van der Waals surface area contributed by atoms with Crippen LogP contribution in [0, 0.1) is 15.9 Å². The molecular formula is C22H13Cl2FN4O3. The van der Waals surface area contributed by atoms with E-state index in [0.717, 1.165) is 0 Å². The number of rotatable bonds is 5. The predicted molar refractivity (Wildman–Crippen MR) is 120 cm³/mol.